The van der Waals surface area contributed by atoms with E-state index in [4.69, 9.17) is 0 Å². The topological polar surface area (TPSA) is 12.0 Å². The highest BCUT2D eigenvalue weighted by Crippen LogP contribution is 2.47. The van der Waals surface area contributed by atoms with Gasteiger partial charge in [-0.3, -0.25) is 0 Å². The van der Waals surface area contributed by atoms with Gasteiger partial charge in [0, 0.05) is 17.6 Å². The van der Waals surface area contributed by atoms with E-state index in [1.165, 1.54) is 31.4 Å². The Morgan fingerprint density at radius 3 is 2.73 bits per heavy atom. The highest BCUT2D eigenvalue weighted by Gasteiger charge is 2.40. The number of rotatable bonds is 0. The molecule has 0 radical (unpaired) electrons. The quantitative estimate of drug-likeness (QED) is 0.661. The molecule has 1 fully saturated rings. The van der Waals surface area contributed by atoms with Crippen molar-refractivity contribution < 1.29 is 0 Å². The molecule has 1 spiro atoms. The predicted molar refractivity (Wildman–Crippen MR) is 68.6 cm³/mol. The van der Waals surface area contributed by atoms with E-state index < -0.39 is 0 Å². The van der Waals surface area contributed by atoms with Crippen LogP contribution in [0.5, 0.6) is 0 Å². The van der Waals surface area contributed by atoms with Crippen molar-refractivity contribution in [3.63, 3.8) is 0 Å². The van der Waals surface area contributed by atoms with Gasteiger partial charge < -0.3 is 5.32 Å². The zero-order chi connectivity index (χ0) is 10.3. The summed E-state index contributed by atoms with van der Waals surface area (Å²) in [7, 11) is 2.99. The van der Waals surface area contributed by atoms with Crippen LogP contribution in [-0.4, -0.2) is 12.2 Å². The van der Waals surface area contributed by atoms with Crippen LogP contribution in [0.15, 0.2) is 24.3 Å². The molecule has 2 aliphatic rings. The van der Waals surface area contributed by atoms with Gasteiger partial charge in [0.1, 0.15) is 0 Å². The molecule has 1 aromatic rings. The summed E-state index contributed by atoms with van der Waals surface area (Å²) < 4.78 is 0. The third-order valence-electron chi connectivity index (χ3n) is 4.10. The molecule has 0 saturated heterocycles. The Kier molecular flexibility index (Phi) is 2.25. The number of anilines is 1. The van der Waals surface area contributed by atoms with Crippen LogP contribution in [0.4, 0.5) is 5.69 Å². The van der Waals surface area contributed by atoms with Crippen LogP contribution in [0, 0.1) is 0 Å². The summed E-state index contributed by atoms with van der Waals surface area (Å²) in [5, 5.41) is 3.57. The average Bonchev–Trinajstić information content (AvgIpc) is 2.63. The van der Waals surface area contributed by atoms with Gasteiger partial charge in [0.15, 0.2) is 0 Å². The van der Waals surface area contributed by atoms with Crippen molar-refractivity contribution in [1.29, 1.82) is 0 Å². The first-order valence-corrected chi connectivity index (χ1v) is 6.56. The SMILES string of the molecule is PC1CCC2(CC1)CNc1ccccc12. The van der Waals surface area contributed by atoms with Gasteiger partial charge in [-0.15, -0.1) is 9.24 Å². The minimum absolute atomic E-state index is 0.462. The lowest BCUT2D eigenvalue weighted by Gasteiger charge is -2.36. The predicted octanol–water partition coefficient (Wildman–Crippen LogP) is 3.17. The molecule has 1 saturated carbocycles. The Morgan fingerprint density at radius 2 is 1.93 bits per heavy atom. The van der Waals surface area contributed by atoms with E-state index in [-0.39, 0.29) is 0 Å². The summed E-state index contributed by atoms with van der Waals surface area (Å²) in [5.74, 6) is 0. The molecule has 1 aliphatic heterocycles. The summed E-state index contributed by atoms with van der Waals surface area (Å²) in [5.41, 5.74) is 4.26. The number of nitrogens with one attached hydrogen (secondary N) is 1. The Labute approximate surface area is 93.9 Å². The molecule has 0 bridgehead atoms. The van der Waals surface area contributed by atoms with Crippen LogP contribution in [0.2, 0.25) is 0 Å². The Morgan fingerprint density at radius 1 is 1.20 bits per heavy atom. The first-order valence-electron chi connectivity index (χ1n) is 5.89. The van der Waals surface area contributed by atoms with Crippen LogP contribution in [-0.2, 0) is 5.41 Å². The minimum atomic E-state index is 0.462. The molecule has 1 N–H and O–H groups in total. The Balaban J connectivity index is 1.95. The fraction of sp³-hybridized carbons (Fsp3) is 0.538. The third-order valence-corrected chi connectivity index (χ3v) is 4.77. The summed E-state index contributed by atoms with van der Waals surface area (Å²) >= 11 is 0. The fourth-order valence-electron chi connectivity index (χ4n) is 3.10. The smallest absolute Gasteiger partial charge is 0.0379 e. The number of hydrogen-bond donors (Lipinski definition) is 1. The third kappa shape index (κ3) is 1.49. The molecule has 80 valence electrons. The monoisotopic (exact) mass is 219 g/mol. The van der Waals surface area contributed by atoms with E-state index in [0.29, 0.717) is 5.41 Å². The molecular weight excluding hydrogens is 201 g/mol. The lowest BCUT2D eigenvalue weighted by atomic mass is 9.70. The molecule has 0 aromatic heterocycles. The van der Waals surface area contributed by atoms with E-state index in [2.05, 4.69) is 38.8 Å². The van der Waals surface area contributed by atoms with Gasteiger partial charge in [-0.2, -0.15) is 0 Å². The van der Waals surface area contributed by atoms with E-state index in [0.717, 1.165) is 12.2 Å². The van der Waals surface area contributed by atoms with Crippen molar-refractivity contribution in [2.45, 2.75) is 36.8 Å². The van der Waals surface area contributed by atoms with E-state index in [1.807, 2.05) is 0 Å². The van der Waals surface area contributed by atoms with Gasteiger partial charge >= 0.3 is 0 Å². The van der Waals surface area contributed by atoms with Crippen molar-refractivity contribution in [2.75, 3.05) is 11.9 Å². The second-order valence-corrected chi connectivity index (χ2v) is 5.96. The van der Waals surface area contributed by atoms with Gasteiger partial charge in [-0.1, -0.05) is 18.2 Å². The lowest BCUT2D eigenvalue weighted by Crippen LogP contribution is -2.33. The van der Waals surface area contributed by atoms with Gasteiger partial charge in [0.25, 0.3) is 0 Å². The maximum absolute atomic E-state index is 3.57. The van der Waals surface area contributed by atoms with Crippen LogP contribution in [0.3, 0.4) is 0 Å². The molecular formula is C13H18NP. The van der Waals surface area contributed by atoms with E-state index in [9.17, 15) is 0 Å². The maximum atomic E-state index is 3.57. The molecule has 15 heavy (non-hydrogen) atoms. The van der Waals surface area contributed by atoms with Gasteiger partial charge in [-0.25, -0.2) is 0 Å². The maximum Gasteiger partial charge on any atom is 0.0379 e. The average molecular weight is 219 g/mol. The Bertz CT molecular complexity index is 367. The van der Waals surface area contributed by atoms with Gasteiger partial charge in [0.05, 0.1) is 0 Å². The largest absolute Gasteiger partial charge is 0.384 e. The first-order chi connectivity index (χ1) is 7.30. The summed E-state index contributed by atoms with van der Waals surface area (Å²) in [6.45, 7) is 1.16. The number of benzene rings is 1. The molecule has 1 atom stereocenters. The summed E-state index contributed by atoms with van der Waals surface area (Å²) in [4.78, 5) is 0. The van der Waals surface area contributed by atoms with Crippen molar-refractivity contribution in [1.82, 2.24) is 0 Å². The van der Waals surface area contributed by atoms with Crippen molar-refractivity contribution in [2.24, 2.45) is 0 Å². The van der Waals surface area contributed by atoms with E-state index in [1.54, 1.807) is 5.56 Å². The minimum Gasteiger partial charge on any atom is -0.384 e. The molecule has 0 amide bonds. The summed E-state index contributed by atoms with van der Waals surface area (Å²) in [6, 6.07) is 8.85. The first kappa shape index (κ1) is 9.66. The van der Waals surface area contributed by atoms with Crippen LogP contribution in [0.25, 0.3) is 0 Å². The lowest BCUT2D eigenvalue weighted by molar-refractivity contribution is 0.325. The zero-order valence-electron chi connectivity index (χ0n) is 9.00. The van der Waals surface area contributed by atoms with Crippen molar-refractivity contribution >= 4 is 14.9 Å². The standard InChI is InChI=1S/C13H18NP/c15-10-5-7-13(8-6-10)9-14-12-4-2-1-3-11(12)13/h1-4,10,14H,5-9,15H2. The van der Waals surface area contributed by atoms with Gasteiger partial charge in [-0.05, 0) is 43.0 Å². The normalized spacial score (nSPS) is 33.8. The number of hydrogen-bond acceptors (Lipinski definition) is 1. The molecule has 1 unspecified atom stereocenters. The molecule has 1 aromatic carbocycles. The molecule has 1 heterocycles. The molecule has 3 rings (SSSR count). The highest BCUT2D eigenvalue weighted by molar-refractivity contribution is 7.17. The highest BCUT2D eigenvalue weighted by atomic mass is 31.0. The second kappa shape index (κ2) is 3.49. The van der Waals surface area contributed by atoms with Crippen molar-refractivity contribution in [3.8, 4) is 0 Å². The van der Waals surface area contributed by atoms with Gasteiger partial charge in [0.2, 0.25) is 0 Å². The molecule has 2 heteroatoms. The molecule has 1 aliphatic carbocycles. The molecule has 1 nitrogen and oxygen atoms in total. The Hall–Kier alpha value is -0.550. The fourth-order valence-corrected chi connectivity index (χ4v) is 3.43. The van der Waals surface area contributed by atoms with Crippen LogP contribution < -0.4 is 5.32 Å². The van der Waals surface area contributed by atoms with Crippen molar-refractivity contribution in [3.05, 3.63) is 29.8 Å². The number of para-hydroxylation sites is 1. The summed E-state index contributed by atoms with van der Waals surface area (Å²) in [6.07, 6.45) is 5.43. The zero-order valence-corrected chi connectivity index (χ0v) is 10.2. The second-order valence-electron chi connectivity index (χ2n) is 5.02. The van der Waals surface area contributed by atoms with E-state index >= 15 is 0 Å². The van der Waals surface area contributed by atoms with Crippen LogP contribution >= 0.6 is 9.24 Å². The number of fused-ring (bicyclic) bond motifs is 2. The van der Waals surface area contributed by atoms with Crippen LogP contribution in [0.1, 0.15) is 31.2 Å².